The molecule has 2 aliphatic heterocycles. The molecule has 2 nitrogen and oxygen atoms in total. The molecule has 0 aromatic carbocycles. The highest BCUT2D eigenvalue weighted by molar-refractivity contribution is 4.88. The number of quaternary nitrogens is 1. The van der Waals surface area contributed by atoms with Gasteiger partial charge in [-0.3, -0.25) is 4.48 Å². The van der Waals surface area contributed by atoms with E-state index >= 15 is 0 Å². The molecule has 0 aromatic rings. The molecule has 2 rings (SSSR count). The number of hydrogen-bond donors (Lipinski definition) is 0. The summed E-state index contributed by atoms with van der Waals surface area (Å²) in [7, 11) is 0. The van der Waals surface area contributed by atoms with Gasteiger partial charge in [0.15, 0.2) is 6.17 Å². The van der Waals surface area contributed by atoms with Crippen LogP contribution in [0, 0.1) is 0 Å². The second-order valence-electron chi connectivity index (χ2n) is 4.23. The zero-order valence-corrected chi connectivity index (χ0v) is 8.58. The minimum atomic E-state index is 0.907. The fourth-order valence-corrected chi connectivity index (χ4v) is 3.08. The van der Waals surface area contributed by atoms with E-state index in [4.69, 9.17) is 0 Å². The van der Waals surface area contributed by atoms with Gasteiger partial charge in [0.05, 0.1) is 13.1 Å². The van der Waals surface area contributed by atoms with Crippen molar-refractivity contribution >= 4 is 0 Å². The van der Waals surface area contributed by atoms with E-state index in [1.54, 1.807) is 0 Å². The minimum absolute atomic E-state index is 0.907. The Morgan fingerprint density at radius 2 is 2.08 bits per heavy atom. The zero-order chi connectivity index (χ0) is 8.77. The molecule has 0 amide bonds. The standard InChI is InChI=1S/C10H21N2/c1-4-9-7-11(5-2)10-8-12(9,10)6-3/h9-10H,4-8H2,1-3H3/q+1. The van der Waals surface area contributed by atoms with E-state index in [-0.39, 0.29) is 0 Å². The first kappa shape index (κ1) is 8.52. The van der Waals surface area contributed by atoms with Gasteiger partial charge in [0.1, 0.15) is 12.6 Å². The third kappa shape index (κ3) is 0.882. The molecular formula is C10H21N2+. The van der Waals surface area contributed by atoms with Crippen molar-refractivity contribution < 1.29 is 4.48 Å². The van der Waals surface area contributed by atoms with E-state index in [9.17, 15) is 0 Å². The van der Waals surface area contributed by atoms with Crippen molar-refractivity contribution in [3.63, 3.8) is 0 Å². The predicted octanol–water partition coefficient (Wildman–Crippen LogP) is 1.28. The van der Waals surface area contributed by atoms with Crippen LogP contribution in [0.15, 0.2) is 0 Å². The summed E-state index contributed by atoms with van der Waals surface area (Å²) in [5, 5.41) is 0. The molecule has 3 atom stereocenters. The van der Waals surface area contributed by atoms with Gasteiger partial charge >= 0.3 is 0 Å². The van der Waals surface area contributed by atoms with Crippen molar-refractivity contribution in [1.82, 2.24) is 4.90 Å². The average molecular weight is 169 g/mol. The Morgan fingerprint density at radius 1 is 1.33 bits per heavy atom. The first-order chi connectivity index (χ1) is 5.78. The van der Waals surface area contributed by atoms with Crippen LogP contribution in [-0.2, 0) is 0 Å². The average Bonchev–Trinajstić information content (AvgIpc) is 2.77. The molecule has 70 valence electrons. The summed E-state index contributed by atoms with van der Waals surface area (Å²) in [6, 6.07) is 0.944. The van der Waals surface area contributed by atoms with E-state index in [1.807, 2.05) is 0 Å². The van der Waals surface area contributed by atoms with Crippen molar-refractivity contribution in [3.05, 3.63) is 0 Å². The van der Waals surface area contributed by atoms with Crippen LogP contribution in [0.5, 0.6) is 0 Å². The predicted molar refractivity (Wildman–Crippen MR) is 50.8 cm³/mol. The Bertz CT molecular complexity index is 181. The third-order valence-corrected chi connectivity index (χ3v) is 4.02. The van der Waals surface area contributed by atoms with E-state index < -0.39 is 0 Å². The summed E-state index contributed by atoms with van der Waals surface area (Å²) < 4.78 is 1.42. The monoisotopic (exact) mass is 169 g/mol. The maximum Gasteiger partial charge on any atom is 0.196 e. The van der Waals surface area contributed by atoms with Gasteiger partial charge in [0, 0.05) is 6.54 Å². The van der Waals surface area contributed by atoms with Crippen LogP contribution in [-0.4, -0.2) is 47.8 Å². The highest BCUT2D eigenvalue weighted by atomic mass is 15.7. The molecule has 0 bridgehead atoms. The fraction of sp³-hybridized carbons (Fsp3) is 1.00. The molecule has 3 unspecified atom stereocenters. The molecule has 2 saturated heterocycles. The van der Waals surface area contributed by atoms with Gasteiger partial charge in [0.2, 0.25) is 0 Å². The maximum absolute atomic E-state index is 2.66. The quantitative estimate of drug-likeness (QED) is 0.454. The second kappa shape index (κ2) is 2.71. The molecule has 0 aromatic heterocycles. The Balaban J connectivity index is 2.09. The largest absolute Gasteiger partial charge is 0.294 e. The number of rotatable bonds is 3. The zero-order valence-electron chi connectivity index (χ0n) is 8.58. The molecular weight excluding hydrogens is 148 g/mol. The molecule has 2 aliphatic rings. The lowest BCUT2D eigenvalue weighted by Gasteiger charge is -2.21. The second-order valence-corrected chi connectivity index (χ2v) is 4.23. The summed E-state index contributed by atoms with van der Waals surface area (Å²) in [6.07, 6.45) is 2.27. The van der Waals surface area contributed by atoms with E-state index in [0.29, 0.717) is 0 Å². The minimum Gasteiger partial charge on any atom is -0.294 e. The lowest BCUT2D eigenvalue weighted by atomic mass is 10.2. The molecule has 12 heavy (non-hydrogen) atoms. The van der Waals surface area contributed by atoms with Crippen LogP contribution in [0.25, 0.3) is 0 Å². The van der Waals surface area contributed by atoms with Crippen LogP contribution in [0.2, 0.25) is 0 Å². The molecule has 0 radical (unpaired) electrons. The van der Waals surface area contributed by atoms with Crippen molar-refractivity contribution in [2.24, 2.45) is 0 Å². The number of likely N-dealkylation sites (N-methyl/N-ethyl adjacent to an activating group) is 2. The van der Waals surface area contributed by atoms with Crippen LogP contribution < -0.4 is 0 Å². The van der Waals surface area contributed by atoms with E-state index in [0.717, 1.165) is 12.2 Å². The van der Waals surface area contributed by atoms with Gasteiger partial charge in [-0.05, 0) is 13.3 Å². The highest BCUT2D eigenvalue weighted by Gasteiger charge is 2.65. The summed E-state index contributed by atoms with van der Waals surface area (Å²) in [6.45, 7) is 12.4. The van der Waals surface area contributed by atoms with Crippen LogP contribution in [0.1, 0.15) is 27.2 Å². The Hall–Kier alpha value is -0.0800. The lowest BCUT2D eigenvalue weighted by molar-refractivity contribution is -0.829. The topological polar surface area (TPSA) is 3.24 Å². The van der Waals surface area contributed by atoms with Crippen molar-refractivity contribution in [2.75, 3.05) is 26.2 Å². The van der Waals surface area contributed by atoms with Gasteiger partial charge < -0.3 is 0 Å². The summed E-state index contributed by atoms with van der Waals surface area (Å²) >= 11 is 0. The van der Waals surface area contributed by atoms with E-state index in [2.05, 4.69) is 25.7 Å². The SMILES string of the molecule is CCC1CN(CC)C2C[N+]12CC. The number of piperazine rings is 1. The van der Waals surface area contributed by atoms with Crippen LogP contribution in [0.4, 0.5) is 0 Å². The number of fused-ring (bicyclic) bond motifs is 1. The van der Waals surface area contributed by atoms with Gasteiger partial charge in [-0.25, -0.2) is 4.90 Å². The molecule has 0 aliphatic carbocycles. The Kier molecular flexibility index (Phi) is 1.92. The molecule has 0 spiro atoms. The maximum atomic E-state index is 2.66. The van der Waals surface area contributed by atoms with Crippen LogP contribution >= 0.6 is 0 Å². The first-order valence-corrected chi connectivity index (χ1v) is 5.39. The molecule has 0 N–H and O–H groups in total. The van der Waals surface area contributed by atoms with Gasteiger partial charge in [-0.1, -0.05) is 13.8 Å². The number of nitrogens with zero attached hydrogens (tertiary/aromatic N) is 2. The third-order valence-electron chi connectivity index (χ3n) is 4.02. The first-order valence-electron chi connectivity index (χ1n) is 5.39. The van der Waals surface area contributed by atoms with Gasteiger partial charge in [-0.2, -0.15) is 0 Å². The Morgan fingerprint density at radius 3 is 2.50 bits per heavy atom. The molecule has 2 heterocycles. The van der Waals surface area contributed by atoms with Crippen LogP contribution in [0.3, 0.4) is 0 Å². The van der Waals surface area contributed by atoms with Crippen molar-refractivity contribution in [1.29, 1.82) is 0 Å². The summed E-state index contributed by atoms with van der Waals surface area (Å²) in [5.41, 5.74) is 0. The lowest BCUT2D eigenvalue weighted by Crippen LogP contribution is -2.37. The fourth-order valence-electron chi connectivity index (χ4n) is 3.08. The normalized spacial score (nSPS) is 46.2. The van der Waals surface area contributed by atoms with Crippen molar-refractivity contribution in [2.45, 2.75) is 39.4 Å². The number of hydrogen-bond acceptors (Lipinski definition) is 1. The smallest absolute Gasteiger partial charge is 0.196 e. The van der Waals surface area contributed by atoms with Gasteiger partial charge in [-0.15, -0.1) is 0 Å². The molecule has 0 saturated carbocycles. The summed E-state index contributed by atoms with van der Waals surface area (Å²) in [5.74, 6) is 0. The van der Waals surface area contributed by atoms with Crippen molar-refractivity contribution in [3.8, 4) is 0 Å². The molecule has 2 heteroatoms. The molecule has 2 fully saturated rings. The van der Waals surface area contributed by atoms with E-state index in [1.165, 1.54) is 37.1 Å². The van der Waals surface area contributed by atoms with Gasteiger partial charge in [0.25, 0.3) is 0 Å². The summed E-state index contributed by atoms with van der Waals surface area (Å²) in [4.78, 5) is 2.66. The Labute approximate surface area is 75.7 Å². The highest BCUT2D eigenvalue weighted by Crippen LogP contribution is 2.43.